The lowest BCUT2D eigenvalue weighted by Gasteiger charge is -2.13. The van der Waals surface area contributed by atoms with E-state index in [-0.39, 0.29) is 43.1 Å². The van der Waals surface area contributed by atoms with Crippen molar-refractivity contribution < 1.29 is 14.4 Å². The van der Waals surface area contributed by atoms with Gasteiger partial charge >= 0.3 is 6.03 Å². The summed E-state index contributed by atoms with van der Waals surface area (Å²) in [7, 11) is 1.81. The van der Waals surface area contributed by atoms with Gasteiger partial charge in [0.1, 0.15) is 6.04 Å². The summed E-state index contributed by atoms with van der Waals surface area (Å²) in [5.41, 5.74) is 0.455. The Morgan fingerprint density at radius 2 is 1.96 bits per heavy atom. The van der Waals surface area contributed by atoms with Crippen LogP contribution in [0.15, 0.2) is 24.3 Å². The predicted octanol–water partition coefficient (Wildman–Crippen LogP) is 1.69. The molecule has 1 aromatic carbocycles. The number of benzene rings is 1. The third kappa shape index (κ3) is 5.59. The van der Waals surface area contributed by atoms with Crippen molar-refractivity contribution in [2.24, 2.45) is 0 Å². The number of imide groups is 1. The van der Waals surface area contributed by atoms with E-state index in [9.17, 15) is 14.4 Å². The molecule has 25 heavy (non-hydrogen) atoms. The molecular weight excluding hydrogens is 367 g/mol. The third-order valence-corrected chi connectivity index (χ3v) is 4.11. The minimum Gasteiger partial charge on any atom is -0.355 e. The summed E-state index contributed by atoms with van der Waals surface area (Å²) in [4.78, 5) is 37.3. The minimum atomic E-state index is -0.694. The van der Waals surface area contributed by atoms with E-state index in [1.807, 2.05) is 14.0 Å². The van der Waals surface area contributed by atoms with Gasteiger partial charge in [-0.2, -0.15) is 0 Å². The number of urea groups is 1. The van der Waals surface area contributed by atoms with Crippen molar-refractivity contribution >= 4 is 47.5 Å². The Labute approximate surface area is 157 Å². The number of nitrogens with zero attached hydrogens (tertiary/aromatic N) is 1. The maximum atomic E-state index is 12.4. The summed E-state index contributed by atoms with van der Waals surface area (Å²) >= 11 is 5.81. The normalized spacial score (nSPS) is 17.7. The van der Waals surface area contributed by atoms with Crippen molar-refractivity contribution in [1.29, 1.82) is 0 Å². The smallest absolute Gasteiger partial charge is 0.329 e. The van der Waals surface area contributed by atoms with Gasteiger partial charge in [-0.25, -0.2) is 9.69 Å². The molecule has 7 nitrogen and oxygen atoms in total. The fraction of sp³-hybridized carbons (Fsp3) is 0.438. The second-order valence-corrected chi connectivity index (χ2v) is 6.12. The molecule has 1 aromatic rings. The first-order chi connectivity index (χ1) is 11.4. The van der Waals surface area contributed by atoms with Gasteiger partial charge < -0.3 is 16.0 Å². The summed E-state index contributed by atoms with van der Waals surface area (Å²) in [5, 5.41) is 8.93. The Morgan fingerprint density at radius 3 is 2.56 bits per heavy atom. The van der Waals surface area contributed by atoms with Crippen LogP contribution in [0.2, 0.25) is 5.02 Å². The molecule has 2 atom stereocenters. The van der Waals surface area contributed by atoms with Crippen LogP contribution in [0.1, 0.15) is 19.8 Å². The molecule has 2 rings (SSSR count). The summed E-state index contributed by atoms with van der Waals surface area (Å²) in [6, 6.07) is 5.42. The van der Waals surface area contributed by atoms with Gasteiger partial charge in [-0.1, -0.05) is 11.6 Å². The van der Waals surface area contributed by atoms with Crippen LogP contribution in [0.25, 0.3) is 0 Å². The zero-order chi connectivity index (χ0) is 17.7. The second-order valence-electron chi connectivity index (χ2n) is 5.68. The molecule has 0 aliphatic carbocycles. The fourth-order valence-corrected chi connectivity index (χ4v) is 2.42. The van der Waals surface area contributed by atoms with Crippen LogP contribution in [0, 0.1) is 0 Å². The van der Waals surface area contributed by atoms with Crippen molar-refractivity contribution in [2.45, 2.75) is 31.8 Å². The summed E-state index contributed by atoms with van der Waals surface area (Å²) in [6.07, 6.45) is 0.427. The number of hydrogen-bond donors (Lipinski definition) is 3. The first kappa shape index (κ1) is 21.2. The Bertz CT molecular complexity index is 624. The van der Waals surface area contributed by atoms with Crippen molar-refractivity contribution in [3.05, 3.63) is 29.3 Å². The van der Waals surface area contributed by atoms with Gasteiger partial charge in [0.15, 0.2) is 0 Å². The summed E-state index contributed by atoms with van der Waals surface area (Å²) in [5.74, 6) is -0.511. The number of hydrogen-bond acceptors (Lipinski definition) is 4. The second kappa shape index (κ2) is 9.60. The average Bonchev–Trinajstić information content (AvgIpc) is 2.85. The first-order valence-electron chi connectivity index (χ1n) is 7.76. The molecule has 4 amide bonds. The van der Waals surface area contributed by atoms with Crippen LogP contribution in [0.3, 0.4) is 0 Å². The standard InChI is InChI=1S/C16H21ClN4O3.ClH/c1-10(18-2)9-19-14(22)8-7-13-15(23)21(16(24)20-13)12-5-3-11(17)4-6-12;/h3-6,10,13,18H,7-9H2,1-2H3,(H,19,22)(H,20,24);1H. The molecule has 1 aliphatic rings. The fourth-order valence-electron chi connectivity index (χ4n) is 2.29. The topological polar surface area (TPSA) is 90.5 Å². The number of halogens is 2. The van der Waals surface area contributed by atoms with E-state index in [4.69, 9.17) is 11.6 Å². The molecule has 0 saturated carbocycles. The van der Waals surface area contributed by atoms with Gasteiger partial charge in [-0.3, -0.25) is 9.59 Å². The van der Waals surface area contributed by atoms with Gasteiger partial charge in [-0.05, 0) is 44.7 Å². The maximum Gasteiger partial charge on any atom is 0.329 e. The number of likely N-dealkylation sites (N-methyl/N-ethyl adjacent to an activating group) is 1. The average molecular weight is 389 g/mol. The lowest BCUT2D eigenvalue weighted by atomic mass is 10.1. The molecule has 1 fully saturated rings. The molecule has 2 unspecified atom stereocenters. The molecule has 0 spiro atoms. The summed E-state index contributed by atoms with van der Waals surface area (Å²) < 4.78 is 0. The molecule has 0 radical (unpaired) electrons. The Kier molecular flexibility index (Phi) is 8.15. The quantitative estimate of drug-likeness (QED) is 0.619. The van der Waals surface area contributed by atoms with Crippen LogP contribution < -0.4 is 20.9 Å². The monoisotopic (exact) mass is 388 g/mol. The van der Waals surface area contributed by atoms with E-state index in [1.54, 1.807) is 24.3 Å². The van der Waals surface area contributed by atoms with E-state index in [1.165, 1.54) is 0 Å². The highest BCUT2D eigenvalue weighted by Crippen LogP contribution is 2.23. The largest absolute Gasteiger partial charge is 0.355 e. The van der Waals surface area contributed by atoms with Gasteiger partial charge in [0.2, 0.25) is 5.91 Å². The summed E-state index contributed by atoms with van der Waals surface area (Å²) in [6.45, 7) is 2.46. The van der Waals surface area contributed by atoms with Crippen LogP contribution in [-0.2, 0) is 9.59 Å². The van der Waals surface area contributed by atoms with Crippen LogP contribution in [-0.4, -0.2) is 43.5 Å². The highest BCUT2D eigenvalue weighted by Gasteiger charge is 2.38. The first-order valence-corrected chi connectivity index (χ1v) is 8.14. The Balaban J connectivity index is 0.00000312. The SMILES string of the molecule is CNC(C)CNC(=O)CCC1NC(=O)N(c2ccc(Cl)cc2)C1=O.Cl. The highest BCUT2D eigenvalue weighted by molar-refractivity contribution is 6.30. The molecular formula is C16H22Cl2N4O3. The molecule has 1 aliphatic heterocycles. The Morgan fingerprint density at radius 1 is 1.32 bits per heavy atom. The highest BCUT2D eigenvalue weighted by atomic mass is 35.5. The van der Waals surface area contributed by atoms with E-state index < -0.39 is 12.1 Å². The molecule has 0 aromatic heterocycles. The van der Waals surface area contributed by atoms with Gasteiger partial charge in [0.25, 0.3) is 5.91 Å². The number of anilines is 1. The lowest BCUT2D eigenvalue weighted by Crippen LogP contribution is -2.38. The molecule has 3 N–H and O–H groups in total. The number of rotatable bonds is 7. The van der Waals surface area contributed by atoms with Crippen LogP contribution in [0.4, 0.5) is 10.5 Å². The van der Waals surface area contributed by atoms with Crippen molar-refractivity contribution in [3.63, 3.8) is 0 Å². The van der Waals surface area contributed by atoms with Crippen molar-refractivity contribution in [2.75, 3.05) is 18.5 Å². The molecule has 1 saturated heterocycles. The Hall–Kier alpha value is -1.83. The predicted molar refractivity (Wildman–Crippen MR) is 99.3 cm³/mol. The van der Waals surface area contributed by atoms with Crippen LogP contribution in [0.5, 0.6) is 0 Å². The van der Waals surface area contributed by atoms with Crippen molar-refractivity contribution in [3.8, 4) is 0 Å². The minimum absolute atomic E-state index is 0. The van der Waals surface area contributed by atoms with Gasteiger partial charge in [-0.15, -0.1) is 12.4 Å². The number of carbonyl (C=O) groups is 3. The molecule has 9 heteroatoms. The van der Waals surface area contributed by atoms with E-state index in [2.05, 4.69) is 16.0 Å². The molecule has 0 bridgehead atoms. The van der Waals surface area contributed by atoms with E-state index in [0.717, 1.165) is 4.90 Å². The maximum absolute atomic E-state index is 12.4. The van der Waals surface area contributed by atoms with E-state index >= 15 is 0 Å². The molecule has 138 valence electrons. The zero-order valence-corrected chi connectivity index (χ0v) is 15.6. The zero-order valence-electron chi connectivity index (χ0n) is 14.0. The van der Waals surface area contributed by atoms with E-state index in [0.29, 0.717) is 17.3 Å². The number of nitrogens with one attached hydrogen (secondary N) is 3. The van der Waals surface area contributed by atoms with Crippen LogP contribution >= 0.6 is 24.0 Å². The third-order valence-electron chi connectivity index (χ3n) is 3.86. The lowest BCUT2D eigenvalue weighted by molar-refractivity contribution is -0.121. The van der Waals surface area contributed by atoms with Gasteiger partial charge in [0, 0.05) is 24.0 Å². The molecule has 1 heterocycles. The van der Waals surface area contributed by atoms with Gasteiger partial charge in [0.05, 0.1) is 5.69 Å². The van der Waals surface area contributed by atoms with Crippen molar-refractivity contribution in [1.82, 2.24) is 16.0 Å². The number of amides is 4. The number of carbonyl (C=O) groups excluding carboxylic acids is 3.